The van der Waals surface area contributed by atoms with Crippen LogP contribution in [0.4, 0.5) is 0 Å². The fraction of sp³-hybridized carbons (Fsp3) is 0.529. The SMILES string of the molecule is CCN(Cc1ccc(OCCN(C)C(C)(C)C)cc1)C1C=C(OC)C(OC)=CC1[C@@H]1CCc2cc(O)ccc2C1. The lowest BCUT2D eigenvalue weighted by molar-refractivity contribution is 0.132. The van der Waals surface area contributed by atoms with Crippen LogP contribution in [-0.4, -0.2) is 67.5 Å². The van der Waals surface area contributed by atoms with Crippen LogP contribution in [-0.2, 0) is 28.9 Å². The molecule has 0 radical (unpaired) electrons. The van der Waals surface area contributed by atoms with Crippen LogP contribution in [0.5, 0.6) is 11.5 Å². The van der Waals surface area contributed by atoms with E-state index in [9.17, 15) is 5.11 Å². The van der Waals surface area contributed by atoms with Crippen molar-refractivity contribution in [3.63, 3.8) is 0 Å². The summed E-state index contributed by atoms with van der Waals surface area (Å²) in [6.07, 6.45) is 7.59. The lowest BCUT2D eigenvalue weighted by Gasteiger charge is -2.41. The fourth-order valence-corrected chi connectivity index (χ4v) is 5.89. The summed E-state index contributed by atoms with van der Waals surface area (Å²) >= 11 is 0. The molecule has 4 rings (SSSR count). The van der Waals surface area contributed by atoms with E-state index in [0.29, 0.717) is 18.3 Å². The third kappa shape index (κ3) is 7.21. The number of hydrogen-bond acceptors (Lipinski definition) is 6. The van der Waals surface area contributed by atoms with Gasteiger partial charge in [0.05, 0.1) is 14.2 Å². The molecule has 0 saturated carbocycles. The molecule has 6 nitrogen and oxygen atoms in total. The number of aryl methyl sites for hydroxylation is 1. The van der Waals surface area contributed by atoms with Gasteiger partial charge in [-0.1, -0.05) is 25.1 Å². The standard InChI is InChI=1S/C34H48N2O4/c1-8-36(23-24-9-15-29(16-10-24)40-18-17-35(5)34(2,3)4)31-22-33(39-7)32(38-6)21-30(31)27-12-11-26-20-28(37)14-13-25(26)19-27/h9-10,13-16,20-22,27,30-31,37H,8,11-12,17-19,23H2,1-7H3/t27-,30?,31?/m1/s1. The number of aromatic hydroxyl groups is 1. The predicted octanol–water partition coefficient (Wildman–Crippen LogP) is 6.19. The molecule has 2 aromatic rings. The highest BCUT2D eigenvalue weighted by Crippen LogP contribution is 2.39. The van der Waals surface area contributed by atoms with Crippen LogP contribution in [0.15, 0.2) is 66.1 Å². The lowest BCUT2D eigenvalue weighted by Crippen LogP contribution is -2.44. The quantitative estimate of drug-likeness (QED) is 0.362. The first-order chi connectivity index (χ1) is 19.1. The van der Waals surface area contributed by atoms with E-state index in [0.717, 1.165) is 56.2 Å². The highest BCUT2D eigenvalue weighted by molar-refractivity contribution is 5.38. The summed E-state index contributed by atoms with van der Waals surface area (Å²) in [4.78, 5) is 4.84. The number of phenols is 1. The molecule has 3 atom stereocenters. The van der Waals surface area contributed by atoms with Crippen LogP contribution in [0.1, 0.15) is 50.8 Å². The number of ether oxygens (including phenoxy) is 3. The van der Waals surface area contributed by atoms with Crippen molar-refractivity contribution in [3.8, 4) is 11.5 Å². The second-order valence-corrected chi connectivity index (χ2v) is 12.1. The summed E-state index contributed by atoms with van der Waals surface area (Å²) in [5, 5.41) is 9.96. The molecule has 2 aromatic carbocycles. The van der Waals surface area contributed by atoms with Gasteiger partial charge in [0.1, 0.15) is 18.1 Å². The third-order valence-corrected chi connectivity index (χ3v) is 8.72. The number of fused-ring (bicyclic) bond motifs is 1. The van der Waals surface area contributed by atoms with E-state index in [1.54, 1.807) is 14.2 Å². The predicted molar refractivity (Wildman–Crippen MR) is 161 cm³/mol. The smallest absolute Gasteiger partial charge is 0.158 e. The number of benzene rings is 2. The van der Waals surface area contributed by atoms with Crippen molar-refractivity contribution in [3.05, 3.63) is 82.8 Å². The maximum absolute atomic E-state index is 9.96. The first kappa shape index (κ1) is 30.0. The maximum Gasteiger partial charge on any atom is 0.158 e. The molecule has 6 heteroatoms. The molecule has 0 spiro atoms. The van der Waals surface area contributed by atoms with Gasteiger partial charge in [-0.15, -0.1) is 0 Å². The summed E-state index contributed by atoms with van der Waals surface area (Å²) in [7, 11) is 5.57. The molecule has 218 valence electrons. The molecular weight excluding hydrogens is 500 g/mol. The van der Waals surface area contributed by atoms with Gasteiger partial charge in [0, 0.05) is 30.6 Å². The zero-order chi connectivity index (χ0) is 28.9. The van der Waals surface area contributed by atoms with E-state index in [2.05, 4.69) is 87.0 Å². The zero-order valence-corrected chi connectivity index (χ0v) is 25.4. The monoisotopic (exact) mass is 548 g/mol. The molecule has 0 aliphatic heterocycles. The van der Waals surface area contributed by atoms with Crippen molar-refractivity contribution >= 4 is 0 Å². The molecule has 1 N–H and O–H groups in total. The summed E-state index contributed by atoms with van der Waals surface area (Å²) < 4.78 is 17.6. The molecule has 0 aromatic heterocycles. The van der Waals surface area contributed by atoms with Gasteiger partial charge in [-0.25, -0.2) is 0 Å². The van der Waals surface area contributed by atoms with Gasteiger partial charge in [0.2, 0.25) is 0 Å². The van der Waals surface area contributed by atoms with Gasteiger partial charge in [-0.2, -0.15) is 0 Å². The topological polar surface area (TPSA) is 54.4 Å². The first-order valence-electron chi connectivity index (χ1n) is 14.6. The Morgan fingerprint density at radius 2 is 1.65 bits per heavy atom. The van der Waals surface area contributed by atoms with Crippen molar-refractivity contribution in [2.75, 3.05) is 41.0 Å². The maximum atomic E-state index is 9.96. The van der Waals surface area contributed by atoms with E-state index in [1.165, 1.54) is 16.7 Å². The third-order valence-electron chi connectivity index (χ3n) is 8.72. The van der Waals surface area contributed by atoms with Crippen molar-refractivity contribution in [1.82, 2.24) is 9.80 Å². The number of likely N-dealkylation sites (N-methyl/N-ethyl adjacent to an activating group) is 2. The Kier molecular flexibility index (Phi) is 9.85. The second-order valence-electron chi connectivity index (χ2n) is 12.1. The molecule has 2 unspecified atom stereocenters. The lowest BCUT2D eigenvalue weighted by atomic mass is 9.72. The average molecular weight is 549 g/mol. The van der Waals surface area contributed by atoms with Gasteiger partial charge in [0.15, 0.2) is 11.5 Å². The minimum absolute atomic E-state index is 0.133. The average Bonchev–Trinajstić information content (AvgIpc) is 2.95. The van der Waals surface area contributed by atoms with Gasteiger partial charge < -0.3 is 19.3 Å². The molecule has 0 heterocycles. The molecule has 0 fully saturated rings. The molecule has 2 aliphatic rings. The van der Waals surface area contributed by atoms with E-state index < -0.39 is 0 Å². The molecule has 2 aliphatic carbocycles. The van der Waals surface area contributed by atoms with Crippen LogP contribution >= 0.6 is 0 Å². The largest absolute Gasteiger partial charge is 0.508 e. The Morgan fingerprint density at radius 1 is 0.950 bits per heavy atom. The molecular formula is C34H48N2O4. The number of rotatable bonds is 11. The normalized spacial score (nSPS) is 21.1. The Balaban J connectivity index is 1.48. The molecule has 0 bridgehead atoms. The summed E-state index contributed by atoms with van der Waals surface area (Å²) in [6.45, 7) is 12.2. The van der Waals surface area contributed by atoms with Gasteiger partial charge in [-0.05, 0) is 113 Å². The number of methoxy groups -OCH3 is 2. The van der Waals surface area contributed by atoms with Crippen LogP contribution in [0, 0.1) is 11.8 Å². The Labute approximate surface area is 241 Å². The Morgan fingerprint density at radius 3 is 2.30 bits per heavy atom. The second kappa shape index (κ2) is 13.1. The van der Waals surface area contributed by atoms with Gasteiger partial charge in [-0.3, -0.25) is 9.80 Å². The Hall–Kier alpha value is -2.96. The number of nitrogens with zero attached hydrogens (tertiary/aromatic N) is 2. The van der Waals surface area contributed by atoms with Crippen molar-refractivity contribution in [1.29, 1.82) is 0 Å². The van der Waals surface area contributed by atoms with E-state index in [-0.39, 0.29) is 17.5 Å². The zero-order valence-electron chi connectivity index (χ0n) is 25.4. The minimum Gasteiger partial charge on any atom is -0.508 e. The van der Waals surface area contributed by atoms with Crippen molar-refractivity contribution in [2.24, 2.45) is 11.8 Å². The highest BCUT2D eigenvalue weighted by atomic mass is 16.5. The van der Waals surface area contributed by atoms with Crippen LogP contribution < -0.4 is 4.74 Å². The molecule has 0 saturated heterocycles. The summed E-state index contributed by atoms with van der Waals surface area (Å²) in [5.41, 5.74) is 4.01. The van der Waals surface area contributed by atoms with E-state index in [1.807, 2.05) is 12.1 Å². The van der Waals surface area contributed by atoms with Gasteiger partial charge in [0.25, 0.3) is 0 Å². The first-order valence-corrected chi connectivity index (χ1v) is 14.6. The van der Waals surface area contributed by atoms with Crippen LogP contribution in [0.3, 0.4) is 0 Å². The van der Waals surface area contributed by atoms with Crippen molar-refractivity contribution < 1.29 is 19.3 Å². The number of phenolic OH excluding ortho intramolecular Hbond substituents is 1. The molecule has 40 heavy (non-hydrogen) atoms. The van der Waals surface area contributed by atoms with E-state index in [4.69, 9.17) is 14.2 Å². The van der Waals surface area contributed by atoms with Crippen molar-refractivity contribution in [2.45, 2.75) is 65.1 Å². The summed E-state index contributed by atoms with van der Waals surface area (Å²) in [6, 6.07) is 14.6. The van der Waals surface area contributed by atoms with Crippen LogP contribution in [0.25, 0.3) is 0 Å². The fourth-order valence-electron chi connectivity index (χ4n) is 5.89. The van der Waals surface area contributed by atoms with Crippen LogP contribution in [0.2, 0.25) is 0 Å². The summed E-state index contributed by atoms with van der Waals surface area (Å²) in [5.74, 6) is 3.64. The molecule has 0 amide bonds. The highest BCUT2D eigenvalue weighted by Gasteiger charge is 2.37. The van der Waals surface area contributed by atoms with Gasteiger partial charge >= 0.3 is 0 Å². The minimum atomic E-state index is 0.133. The number of hydrogen-bond donors (Lipinski definition) is 1. The van der Waals surface area contributed by atoms with E-state index >= 15 is 0 Å². The Bertz CT molecular complexity index is 1180.